The molecule has 25 heavy (non-hydrogen) atoms. The molecule has 9 heteroatoms. The lowest BCUT2D eigenvalue weighted by atomic mass is 10.2. The normalized spacial score (nSPS) is 12.9. The Morgan fingerprint density at radius 3 is 2.64 bits per heavy atom. The highest BCUT2D eigenvalue weighted by Crippen LogP contribution is 2.15. The molecule has 1 heterocycles. The van der Waals surface area contributed by atoms with E-state index in [0.717, 1.165) is 17.9 Å². The zero-order valence-corrected chi connectivity index (χ0v) is 18.8. The Morgan fingerprint density at radius 2 is 2.08 bits per heavy atom. The summed E-state index contributed by atoms with van der Waals surface area (Å²) in [6.45, 7) is 5.18. The highest BCUT2D eigenvalue weighted by Gasteiger charge is 2.10. The highest BCUT2D eigenvalue weighted by atomic mass is 127. The maximum atomic E-state index is 11.3. The molecule has 2 N–H and O–H groups in total. The van der Waals surface area contributed by atoms with Crippen LogP contribution in [0, 0.1) is 0 Å². The molecule has 0 bridgehead atoms. The molecule has 0 spiro atoms. The van der Waals surface area contributed by atoms with Crippen LogP contribution in [0.25, 0.3) is 0 Å². The minimum atomic E-state index is -2.95. The smallest absolute Gasteiger partial charge is 0.191 e. The van der Waals surface area contributed by atoms with E-state index in [9.17, 15) is 8.42 Å². The van der Waals surface area contributed by atoms with Gasteiger partial charge in [0.2, 0.25) is 0 Å². The molecule has 0 aliphatic heterocycles. The van der Waals surface area contributed by atoms with E-state index in [2.05, 4.69) is 20.6 Å². The Hall–Kier alpha value is -1.10. The van der Waals surface area contributed by atoms with Gasteiger partial charge in [0.05, 0.1) is 12.3 Å². The van der Waals surface area contributed by atoms with Gasteiger partial charge in [-0.1, -0.05) is 6.07 Å². The van der Waals surface area contributed by atoms with Crippen LogP contribution < -0.4 is 15.5 Å². The summed E-state index contributed by atoms with van der Waals surface area (Å²) in [6, 6.07) is 3.91. The molecule has 0 amide bonds. The fraction of sp³-hybridized carbons (Fsp3) is 0.625. The van der Waals surface area contributed by atoms with Crippen molar-refractivity contribution in [3.05, 3.63) is 23.9 Å². The number of hydrogen-bond acceptors (Lipinski definition) is 5. The fourth-order valence-electron chi connectivity index (χ4n) is 2.14. The third-order valence-corrected chi connectivity index (χ3v) is 4.32. The monoisotopic (exact) mass is 483 g/mol. The third-order valence-electron chi connectivity index (χ3n) is 3.35. The van der Waals surface area contributed by atoms with Gasteiger partial charge in [0.15, 0.2) is 5.96 Å². The molecule has 0 aromatic carbocycles. The van der Waals surface area contributed by atoms with Gasteiger partial charge in [-0.3, -0.25) is 0 Å². The first-order valence-electron chi connectivity index (χ1n) is 8.06. The van der Waals surface area contributed by atoms with Crippen molar-refractivity contribution in [3.63, 3.8) is 0 Å². The Balaban J connectivity index is 0.00000576. The lowest BCUT2D eigenvalue weighted by molar-refractivity contribution is 0.581. The van der Waals surface area contributed by atoms with Gasteiger partial charge in [-0.05, 0) is 26.3 Å². The molecular weight excluding hydrogens is 453 g/mol. The van der Waals surface area contributed by atoms with Crippen LogP contribution in [0.1, 0.15) is 25.8 Å². The van der Waals surface area contributed by atoms with E-state index in [4.69, 9.17) is 0 Å². The van der Waals surface area contributed by atoms with Crippen LogP contribution in [0.2, 0.25) is 0 Å². The van der Waals surface area contributed by atoms with Gasteiger partial charge in [-0.2, -0.15) is 0 Å². The van der Waals surface area contributed by atoms with E-state index in [1.54, 1.807) is 6.20 Å². The van der Waals surface area contributed by atoms with Crippen LogP contribution in [-0.2, 0) is 16.4 Å². The van der Waals surface area contributed by atoms with Crippen LogP contribution in [0.5, 0.6) is 0 Å². The van der Waals surface area contributed by atoms with Crippen molar-refractivity contribution in [3.8, 4) is 0 Å². The lowest BCUT2D eigenvalue weighted by Crippen LogP contribution is -2.42. The van der Waals surface area contributed by atoms with Crippen molar-refractivity contribution in [2.75, 3.05) is 37.5 Å². The summed E-state index contributed by atoms with van der Waals surface area (Å²) in [6.07, 6.45) is 3.56. The number of halogens is 1. The minimum absolute atomic E-state index is 0. The Morgan fingerprint density at radius 1 is 1.40 bits per heavy atom. The van der Waals surface area contributed by atoms with Crippen LogP contribution in [-0.4, -0.2) is 58.1 Å². The number of hydrogen-bond donors (Lipinski definition) is 2. The summed E-state index contributed by atoms with van der Waals surface area (Å²) in [5, 5.41) is 6.43. The molecule has 1 rings (SSSR count). The minimum Gasteiger partial charge on any atom is -0.362 e. The number of nitrogens with zero attached hydrogens (tertiary/aromatic N) is 3. The van der Waals surface area contributed by atoms with E-state index in [-0.39, 0.29) is 35.8 Å². The number of sulfone groups is 1. The van der Waals surface area contributed by atoms with Gasteiger partial charge in [-0.25, -0.2) is 18.4 Å². The quantitative estimate of drug-likeness (QED) is 0.332. The number of anilines is 1. The van der Waals surface area contributed by atoms with E-state index in [1.165, 1.54) is 6.26 Å². The number of guanidine groups is 1. The third kappa shape index (κ3) is 9.83. The number of aliphatic imine (C=N–C) groups is 1. The van der Waals surface area contributed by atoms with Crippen LogP contribution in [0.4, 0.5) is 5.82 Å². The Labute approximate surface area is 168 Å². The molecule has 144 valence electrons. The molecule has 1 unspecified atom stereocenters. The van der Waals surface area contributed by atoms with Crippen molar-refractivity contribution < 1.29 is 8.42 Å². The summed E-state index contributed by atoms with van der Waals surface area (Å²) in [5.41, 5.74) is 1.03. The summed E-state index contributed by atoms with van der Waals surface area (Å²) in [4.78, 5) is 10.9. The van der Waals surface area contributed by atoms with Gasteiger partial charge in [-0.15, -0.1) is 24.0 Å². The predicted molar refractivity (Wildman–Crippen MR) is 116 cm³/mol. The SMILES string of the molecule is CCNC(=NCc1cccnc1N(C)C)NC(C)CCS(C)(=O)=O.I. The number of pyridine rings is 1. The average molecular weight is 483 g/mol. The standard InChI is InChI=1S/C16H29N5O2S.HI/c1-6-17-16(20-13(2)9-11-24(5,22)23)19-12-14-8-7-10-18-15(14)21(3)4;/h7-8,10,13H,6,9,11-12H2,1-5H3,(H2,17,19,20);1H. The molecule has 0 radical (unpaired) electrons. The van der Waals surface area contributed by atoms with E-state index < -0.39 is 9.84 Å². The maximum Gasteiger partial charge on any atom is 0.191 e. The van der Waals surface area contributed by atoms with Crippen molar-refractivity contribution in [2.24, 2.45) is 4.99 Å². The van der Waals surface area contributed by atoms with Crippen LogP contribution >= 0.6 is 24.0 Å². The van der Waals surface area contributed by atoms with Gasteiger partial charge in [0, 0.05) is 44.7 Å². The van der Waals surface area contributed by atoms with Crippen molar-refractivity contribution in [1.82, 2.24) is 15.6 Å². The van der Waals surface area contributed by atoms with Gasteiger partial charge in [0.25, 0.3) is 0 Å². The average Bonchev–Trinajstić information content (AvgIpc) is 2.50. The molecule has 7 nitrogen and oxygen atoms in total. The highest BCUT2D eigenvalue weighted by molar-refractivity contribution is 14.0. The van der Waals surface area contributed by atoms with E-state index in [1.807, 2.05) is 45.0 Å². The molecule has 0 aliphatic rings. The van der Waals surface area contributed by atoms with E-state index in [0.29, 0.717) is 18.9 Å². The summed E-state index contributed by atoms with van der Waals surface area (Å²) in [7, 11) is 0.950. The number of aromatic nitrogens is 1. The van der Waals surface area contributed by atoms with Gasteiger partial charge >= 0.3 is 0 Å². The van der Waals surface area contributed by atoms with Crippen molar-refractivity contribution >= 4 is 45.6 Å². The first-order chi connectivity index (χ1) is 11.2. The Bertz CT molecular complexity index is 650. The fourth-order valence-corrected chi connectivity index (χ4v) is 2.92. The number of rotatable bonds is 8. The Kier molecular flexibility index (Phi) is 11.0. The molecule has 0 aliphatic carbocycles. The first-order valence-corrected chi connectivity index (χ1v) is 10.1. The van der Waals surface area contributed by atoms with Crippen LogP contribution in [0.15, 0.2) is 23.3 Å². The molecular formula is C16H30IN5O2S. The molecule has 0 saturated carbocycles. The largest absolute Gasteiger partial charge is 0.362 e. The zero-order chi connectivity index (χ0) is 18.2. The summed E-state index contributed by atoms with van der Waals surface area (Å²) in [5.74, 6) is 1.72. The van der Waals surface area contributed by atoms with Gasteiger partial charge in [0.1, 0.15) is 15.7 Å². The number of nitrogens with one attached hydrogen (secondary N) is 2. The lowest BCUT2D eigenvalue weighted by Gasteiger charge is -2.18. The van der Waals surface area contributed by atoms with Crippen molar-refractivity contribution in [1.29, 1.82) is 0 Å². The first kappa shape index (κ1) is 23.9. The second-order valence-corrected chi connectivity index (χ2v) is 8.30. The summed E-state index contributed by atoms with van der Waals surface area (Å²) < 4.78 is 22.5. The second-order valence-electron chi connectivity index (χ2n) is 6.04. The predicted octanol–water partition coefficient (Wildman–Crippen LogP) is 1.64. The molecule has 1 aromatic rings. The maximum absolute atomic E-state index is 11.3. The molecule has 1 atom stereocenters. The second kappa shape index (κ2) is 11.5. The van der Waals surface area contributed by atoms with Crippen LogP contribution in [0.3, 0.4) is 0 Å². The zero-order valence-electron chi connectivity index (χ0n) is 15.6. The molecule has 0 fully saturated rings. The molecule has 0 saturated heterocycles. The molecule has 1 aromatic heterocycles. The topological polar surface area (TPSA) is 86.7 Å². The summed E-state index contributed by atoms with van der Waals surface area (Å²) >= 11 is 0. The van der Waals surface area contributed by atoms with Gasteiger partial charge < -0.3 is 15.5 Å². The van der Waals surface area contributed by atoms with Crippen molar-refractivity contribution in [2.45, 2.75) is 32.9 Å². The van der Waals surface area contributed by atoms with E-state index >= 15 is 0 Å².